The van der Waals surface area contributed by atoms with Crippen molar-refractivity contribution in [1.82, 2.24) is 0 Å². The number of rotatable bonds is 52. The Kier molecular flexibility index (Phi) is 52.5. The maximum atomic E-state index is 12.9. The van der Waals surface area contributed by atoms with Gasteiger partial charge >= 0.3 is 25.7 Å². The molecule has 0 aromatic heterocycles. The Morgan fingerprint density at radius 1 is 0.392 bits per heavy atom. The summed E-state index contributed by atoms with van der Waals surface area (Å²) in [5.41, 5.74) is 0. The maximum Gasteiger partial charge on any atom is 0.472 e. The third-order valence-corrected chi connectivity index (χ3v) is 12.6. The highest BCUT2D eigenvalue weighted by Gasteiger charge is 2.28. The van der Waals surface area contributed by atoms with E-state index in [1.807, 2.05) is 0 Å². The number of ether oxygens (including phenoxy) is 3. The summed E-state index contributed by atoms with van der Waals surface area (Å²) >= 11 is 0. The third-order valence-electron chi connectivity index (χ3n) is 11.7. The number of carbonyl (C=O) groups is 3. The first kappa shape index (κ1) is 70.1. The van der Waals surface area contributed by atoms with E-state index in [0.29, 0.717) is 19.3 Å². The molecule has 2 N–H and O–H groups in total. The van der Waals surface area contributed by atoms with Crippen molar-refractivity contribution in [3.63, 3.8) is 0 Å². The smallest absolute Gasteiger partial charge is 0.462 e. The predicted octanol–water partition coefficient (Wildman–Crippen LogP) is 17.0. The van der Waals surface area contributed by atoms with Crippen LogP contribution in [0.4, 0.5) is 0 Å². The number of carbonyl (C=O) groups excluding carboxylic acids is 3. The highest BCUT2D eigenvalue weighted by molar-refractivity contribution is 7.47. The molecule has 11 nitrogen and oxygen atoms in total. The van der Waals surface area contributed by atoms with Gasteiger partial charge in [-0.05, 0) is 116 Å². The molecule has 74 heavy (non-hydrogen) atoms. The number of phosphoric acid groups is 1. The first-order valence-electron chi connectivity index (χ1n) is 28.8. The lowest BCUT2D eigenvalue weighted by Gasteiger charge is -2.21. The van der Waals surface area contributed by atoms with Gasteiger partial charge in [0.2, 0.25) is 0 Å². The van der Waals surface area contributed by atoms with Crippen molar-refractivity contribution < 1.29 is 52.2 Å². The average Bonchev–Trinajstić information content (AvgIpc) is 3.39. The number of unbranched alkanes of at least 4 members (excludes halogenated alkanes) is 17. The summed E-state index contributed by atoms with van der Waals surface area (Å²) in [4.78, 5) is 48.5. The molecule has 0 aliphatic carbocycles. The summed E-state index contributed by atoms with van der Waals surface area (Å²) in [5, 5.41) is 9.82. The molecule has 3 atom stereocenters. The quantitative estimate of drug-likeness (QED) is 0.0197. The number of esters is 3. The minimum atomic E-state index is -4.77. The molecule has 0 bridgehead atoms. The molecule has 0 fully saturated rings. The highest BCUT2D eigenvalue weighted by Crippen LogP contribution is 2.43. The van der Waals surface area contributed by atoms with Gasteiger partial charge in [-0.1, -0.05) is 201 Å². The van der Waals surface area contributed by atoms with Crippen molar-refractivity contribution >= 4 is 25.7 Å². The van der Waals surface area contributed by atoms with Gasteiger partial charge in [0.25, 0.3) is 0 Å². The molecule has 0 aromatic carbocycles. The zero-order chi connectivity index (χ0) is 54.1. The number of phosphoric ester groups is 1. The van der Waals surface area contributed by atoms with Crippen LogP contribution in [0.15, 0.2) is 109 Å². The van der Waals surface area contributed by atoms with Crippen LogP contribution in [0.25, 0.3) is 0 Å². The van der Waals surface area contributed by atoms with Crippen LogP contribution in [0.5, 0.6) is 0 Å². The second-order valence-electron chi connectivity index (χ2n) is 18.7. The Morgan fingerprint density at radius 3 is 1.11 bits per heavy atom. The van der Waals surface area contributed by atoms with Crippen LogP contribution in [-0.4, -0.2) is 66.5 Å². The molecular weight excluding hydrogens is 952 g/mol. The molecule has 0 heterocycles. The summed E-state index contributed by atoms with van der Waals surface area (Å²) in [6, 6.07) is 0. The molecule has 0 aliphatic rings. The number of aliphatic hydroxyl groups excluding tert-OH is 1. The molecule has 0 aromatic rings. The van der Waals surface area contributed by atoms with E-state index in [1.165, 1.54) is 19.3 Å². The van der Waals surface area contributed by atoms with Gasteiger partial charge in [-0.3, -0.25) is 23.4 Å². The Balaban J connectivity index is 4.75. The van der Waals surface area contributed by atoms with Crippen LogP contribution in [0, 0.1) is 0 Å². The second-order valence-corrected chi connectivity index (χ2v) is 20.1. The summed E-state index contributed by atoms with van der Waals surface area (Å²) in [5.74, 6) is -1.53. The Labute approximate surface area is 450 Å². The topological polar surface area (TPSA) is 155 Å². The van der Waals surface area contributed by atoms with E-state index in [0.717, 1.165) is 148 Å². The van der Waals surface area contributed by atoms with Crippen molar-refractivity contribution in [3.8, 4) is 0 Å². The van der Waals surface area contributed by atoms with E-state index in [2.05, 4.69) is 130 Å². The summed E-state index contributed by atoms with van der Waals surface area (Å²) in [7, 11) is -4.77. The zero-order valence-corrected chi connectivity index (χ0v) is 47.4. The molecule has 3 unspecified atom stereocenters. The van der Waals surface area contributed by atoms with Crippen LogP contribution in [0.3, 0.4) is 0 Å². The van der Waals surface area contributed by atoms with E-state index in [-0.39, 0.29) is 25.9 Å². The third kappa shape index (κ3) is 53.0. The molecule has 0 spiro atoms. The van der Waals surface area contributed by atoms with Crippen LogP contribution >= 0.6 is 7.82 Å². The second kappa shape index (κ2) is 55.4. The van der Waals surface area contributed by atoms with Crippen LogP contribution < -0.4 is 0 Å². The first-order valence-corrected chi connectivity index (χ1v) is 30.3. The number of hydrogen-bond donors (Lipinski definition) is 2. The van der Waals surface area contributed by atoms with Crippen molar-refractivity contribution in [1.29, 1.82) is 0 Å². The van der Waals surface area contributed by atoms with Gasteiger partial charge < -0.3 is 24.2 Å². The minimum Gasteiger partial charge on any atom is -0.462 e. The standard InChI is InChI=1S/C62H103O11P/c1-4-7-10-13-16-19-22-24-26-28-29-31-33-35-38-41-44-47-50-53-62(66)73-59(55-69-60(64)51-48-45-42-39-36-21-18-15-12-9-6-3)57-71-74(67,68)70-56-58(54-63)72-61(65)52-49-46-43-40-37-34-32-30-27-25-23-20-17-14-11-8-5-2/h7-8,10-11,15-20,24-27,29,31,35,38,58-59,63H,4-6,9,12-14,21-23,28,30,32-34,36-37,39-57H2,1-3H3,(H,67,68)/b10-7-,11-8-,18-15-,19-16-,20-17-,26-24-,27-25-,31-29-,38-35-. The van der Waals surface area contributed by atoms with Crippen molar-refractivity contribution in [2.75, 3.05) is 26.4 Å². The average molecular weight is 1060 g/mol. The monoisotopic (exact) mass is 1050 g/mol. The molecule has 12 heteroatoms. The first-order chi connectivity index (χ1) is 36.2. The van der Waals surface area contributed by atoms with Gasteiger partial charge in [-0.25, -0.2) is 4.57 Å². The lowest BCUT2D eigenvalue weighted by Crippen LogP contribution is -2.30. The predicted molar refractivity (Wildman–Crippen MR) is 307 cm³/mol. The molecule has 0 saturated heterocycles. The fourth-order valence-electron chi connectivity index (χ4n) is 7.32. The van der Waals surface area contributed by atoms with Crippen molar-refractivity contribution in [2.45, 2.75) is 238 Å². The Hall–Kier alpha value is -3.86. The van der Waals surface area contributed by atoms with Gasteiger partial charge in [0, 0.05) is 19.3 Å². The SMILES string of the molecule is CC/C=C\C/C=C\C/C=C\C/C=C\C/C=C\CCCCCC(=O)OC(COC(=O)CCCCCCC/C=C\CCCC)COP(=O)(O)OCC(CO)OC(=O)CCCCCCCCC/C=C\C/C=C\C/C=C\CC. The fraction of sp³-hybridized carbons (Fsp3) is 0.661. The van der Waals surface area contributed by atoms with E-state index in [1.54, 1.807) is 0 Å². The van der Waals surface area contributed by atoms with E-state index < -0.39 is 57.8 Å². The molecule has 0 saturated carbocycles. The van der Waals surface area contributed by atoms with Crippen LogP contribution in [-0.2, 0) is 42.2 Å². The van der Waals surface area contributed by atoms with E-state index in [9.17, 15) is 28.9 Å². The molecule has 0 aliphatic heterocycles. The summed E-state index contributed by atoms with van der Waals surface area (Å²) in [6.45, 7) is 4.31. The zero-order valence-electron chi connectivity index (χ0n) is 46.5. The fourth-order valence-corrected chi connectivity index (χ4v) is 8.10. The van der Waals surface area contributed by atoms with Crippen LogP contribution in [0.2, 0.25) is 0 Å². The molecular formula is C62H103O11P. The lowest BCUT2D eigenvalue weighted by molar-refractivity contribution is -0.161. The van der Waals surface area contributed by atoms with Crippen molar-refractivity contribution in [3.05, 3.63) is 109 Å². The Morgan fingerprint density at radius 2 is 0.703 bits per heavy atom. The summed E-state index contributed by atoms with van der Waals surface area (Å²) in [6.07, 6.45) is 66.2. The molecule has 422 valence electrons. The normalized spacial score (nSPS) is 14.2. The van der Waals surface area contributed by atoms with Gasteiger partial charge in [0.15, 0.2) is 6.10 Å². The molecule has 0 amide bonds. The van der Waals surface area contributed by atoms with Gasteiger partial charge in [-0.2, -0.15) is 0 Å². The highest BCUT2D eigenvalue weighted by atomic mass is 31.2. The van der Waals surface area contributed by atoms with Crippen molar-refractivity contribution in [2.24, 2.45) is 0 Å². The number of hydrogen-bond acceptors (Lipinski definition) is 10. The number of aliphatic hydroxyl groups is 1. The van der Waals surface area contributed by atoms with Crippen LogP contribution in [0.1, 0.15) is 226 Å². The van der Waals surface area contributed by atoms with E-state index >= 15 is 0 Å². The molecule has 0 radical (unpaired) electrons. The Bertz CT molecular complexity index is 1660. The molecule has 0 rings (SSSR count). The number of allylic oxidation sites excluding steroid dienone is 18. The largest absolute Gasteiger partial charge is 0.472 e. The van der Waals surface area contributed by atoms with Gasteiger partial charge in [-0.15, -0.1) is 0 Å². The van der Waals surface area contributed by atoms with Gasteiger partial charge in [0.1, 0.15) is 12.7 Å². The summed E-state index contributed by atoms with van der Waals surface area (Å²) < 4.78 is 39.5. The minimum absolute atomic E-state index is 0.121. The van der Waals surface area contributed by atoms with Gasteiger partial charge in [0.05, 0.1) is 19.8 Å². The van der Waals surface area contributed by atoms with E-state index in [4.69, 9.17) is 23.3 Å². The lowest BCUT2D eigenvalue weighted by atomic mass is 10.1. The maximum absolute atomic E-state index is 12.9.